The standard InChI is InChI=1S/C14H19N3O3S/c1-2-3-8-20-14(19)17-6-4-10(5-7-17)13-16-11(9-21-13)12(15)18/h2,9-10H,1,3-8H2,(H2,15,18). The molecule has 1 aliphatic rings. The van der Waals surface area contributed by atoms with Gasteiger partial charge in [0.25, 0.3) is 5.91 Å². The zero-order chi connectivity index (χ0) is 15.2. The summed E-state index contributed by atoms with van der Waals surface area (Å²) in [7, 11) is 0. The van der Waals surface area contributed by atoms with E-state index in [1.54, 1.807) is 16.4 Å². The molecule has 1 aliphatic heterocycles. The molecule has 1 fully saturated rings. The van der Waals surface area contributed by atoms with E-state index in [-0.39, 0.29) is 12.0 Å². The Hall–Kier alpha value is -1.89. The average molecular weight is 309 g/mol. The number of nitrogens with two attached hydrogens (primary N) is 1. The number of piperidine rings is 1. The molecule has 1 aromatic rings. The predicted octanol–water partition coefficient (Wildman–Crippen LogP) is 2.13. The second-order valence-corrected chi connectivity index (χ2v) is 5.78. The highest BCUT2D eigenvalue weighted by atomic mass is 32.1. The minimum Gasteiger partial charge on any atom is -0.449 e. The van der Waals surface area contributed by atoms with E-state index in [4.69, 9.17) is 10.5 Å². The highest BCUT2D eigenvalue weighted by Gasteiger charge is 2.26. The lowest BCUT2D eigenvalue weighted by Gasteiger charge is -2.30. The van der Waals surface area contributed by atoms with Crippen LogP contribution in [0, 0.1) is 0 Å². The Balaban J connectivity index is 1.83. The largest absolute Gasteiger partial charge is 0.449 e. The fraction of sp³-hybridized carbons (Fsp3) is 0.500. The normalized spacial score (nSPS) is 15.7. The van der Waals surface area contributed by atoms with Crippen molar-refractivity contribution in [1.29, 1.82) is 0 Å². The van der Waals surface area contributed by atoms with E-state index in [2.05, 4.69) is 11.6 Å². The molecule has 0 bridgehead atoms. The van der Waals surface area contributed by atoms with Crippen LogP contribution in [0.5, 0.6) is 0 Å². The molecule has 0 saturated carbocycles. The number of hydrogen-bond acceptors (Lipinski definition) is 5. The third-order valence-corrected chi connectivity index (χ3v) is 4.43. The van der Waals surface area contributed by atoms with Crippen LogP contribution < -0.4 is 5.73 Å². The topological polar surface area (TPSA) is 85.5 Å². The molecule has 0 aliphatic carbocycles. The molecule has 114 valence electrons. The summed E-state index contributed by atoms with van der Waals surface area (Å²) >= 11 is 1.45. The van der Waals surface area contributed by atoms with E-state index in [1.165, 1.54) is 11.3 Å². The summed E-state index contributed by atoms with van der Waals surface area (Å²) in [6.45, 7) is 5.24. The lowest BCUT2D eigenvalue weighted by atomic mass is 9.98. The third kappa shape index (κ3) is 4.04. The molecule has 0 unspecified atom stereocenters. The summed E-state index contributed by atoms with van der Waals surface area (Å²) in [5.41, 5.74) is 5.53. The monoisotopic (exact) mass is 309 g/mol. The second kappa shape index (κ2) is 7.21. The molecule has 6 nitrogen and oxygen atoms in total. The first kappa shape index (κ1) is 15.5. The van der Waals surface area contributed by atoms with Crippen molar-refractivity contribution in [1.82, 2.24) is 9.88 Å². The van der Waals surface area contributed by atoms with Crippen LogP contribution in [0.4, 0.5) is 4.79 Å². The number of ether oxygens (including phenoxy) is 1. The second-order valence-electron chi connectivity index (χ2n) is 4.89. The van der Waals surface area contributed by atoms with Crippen LogP contribution in [-0.2, 0) is 4.74 Å². The first-order chi connectivity index (χ1) is 10.1. The molecule has 7 heteroatoms. The fourth-order valence-corrected chi connectivity index (χ4v) is 3.20. The van der Waals surface area contributed by atoms with Crippen molar-refractivity contribution in [3.8, 4) is 0 Å². The first-order valence-electron chi connectivity index (χ1n) is 6.89. The van der Waals surface area contributed by atoms with E-state index in [9.17, 15) is 9.59 Å². The molecule has 0 radical (unpaired) electrons. The first-order valence-corrected chi connectivity index (χ1v) is 7.77. The molecule has 2 amide bonds. The Morgan fingerprint density at radius 2 is 2.24 bits per heavy atom. The summed E-state index contributed by atoms with van der Waals surface area (Å²) in [4.78, 5) is 28.8. The molecule has 2 N–H and O–H groups in total. The maximum Gasteiger partial charge on any atom is 0.409 e. The van der Waals surface area contributed by atoms with Gasteiger partial charge in [0.05, 0.1) is 11.6 Å². The van der Waals surface area contributed by atoms with Gasteiger partial charge < -0.3 is 15.4 Å². The highest BCUT2D eigenvalue weighted by molar-refractivity contribution is 7.09. The Morgan fingerprint density at radius 3 is 2.81 bits per heavy atom. The number of thiazole rings is 1. The van der Waals surface area contributed by atoms with Crippen molar-refractivity contribution >= 4 is 23.3 Å². The van der Waals surface area contributed by atoms with E-state index < -0.39 is 5.91 Å². The van der Waals surface area contributed by atoms with Crippen molar-refractivity contribution < 1.29 is 14.3 Å². The maximum atomic E-state index is 11.8. The molecule has 1 aromatic heterocycles. The van der Waals surface area contributed by atoms with Crippen LogP contribution in [0.3, 0.4) is 0 Å². The van der Waals surface area contributed by atoms with Crippen LogP contribution in [0.15, 0.2) is 18.0 Å². The van der Waals surface area contributed by atoms with Crippen molar-refractivity contribution in [2.75, 3.05) is 19.7 Å². The van der Waals surface area contributed by atoms with Gasteiger partial charge in [0.15, 0.2) is 0 Å². The minimum atomic E-state index is -0.499. The van der Waals surface area contributed by atoms with Gasteiger partial charge in [-0.1, -0.05) is 6.08 Å². The molecule has 0 atom stereocenters. The van der Waals surface area contributed by atoms with Gasteiger partial charge in [0, 0.05) is 24.4 Å². The van der Waals surface area contributed by atoms with Gasteiger partial charge in [-0.05, 0) is 19.3 Å². The van der Waals surface area contributed by atoms with Gasteiger partial charge in [-0.2, -0.15) is 0 Å². The fourth-order valence-electron chi connectivity index (χ4n) is 2.22. The van der Waals surface area contributed by atoms with Crippen molar-refractivity contribution in [2.45, 2.75) is 25.2 Å². The molecule has 21 heavy (non-hydrogen) atoms. The summed E-state index contributed by atoms with van der Waals surface area (Å²) in [5.74, 6) is -0.221. The number of hydrogen-bond donors (Lipinski definition) is 1. The predicted molar refractivity (Wildman–Crippen MR) is 80.3 cm³/mol. The van der Waals surface area contributed by atoms with Crippen molar-refractivity contribution in [3.05, 3.63) is 28.7 Å². The summed E-state index contributed by atoms with van der Waals surface area (Å²) in [5, 5.41) is 2.61. The van der Waals surface area contributed by atoms with E-state index in [0.717, 1.165) is 17.8 Å². The maximum absolute atomic E-state index is 11.8. The number of aromatic nitrogens is 1. The molecule has 0 spiro atoms. The Morgan fingerprint density at radius 1 is 1.52 bits per heavy atom. The van der Waals surface area contributed by atoms with Crippen LogP contribution in [-0.4, -0.2) is 41.6 Å². The quantitative estimate of drug-likeness (QED) is 0.667. The molecule has 2 rings (SSSR count). The summed E-state index contributed by atoms with van der Waals surface area (Å²) in [6.07, 6.45) is 3.76. The molecule has 0 aromatic carbocycles. The Kier molecular flexibility index (Phi) is 5.32. The highest BCUT2D eigenvalue weighted by Crippen LogP contribution is 2.30. The van der Waals surface area contributed by atoms with Gasteiger partial charge in [-0.3, -0.25) is 4.79 Å². The Labute approximate surface area is 127 Å². The molecular weight excluding hydrogens is 290 g/mol. The smallest absolute Gasteiger partial charge is 0.409 e. The SMILES string of the molecule is C=CCCOC(=O)N1CCC(c2nc(C(N)=O)cs2)CC1. The van der Waals surface area contributed by atoms with Gasteiger partial charge in [0.2, 0.25) is 0 Å². The number of likely N-dealkylation sites (tertiary alicyclic amines) is 1. The third-order valence-electron chi connectivity index (χ3n) is 3.42. The van der Waals surface area contributed by atoms with Crippen LogP contribution in [0.2, 0.25) is 0 Å². The molecule has 2 heterocycles. The number of carbonyl (C=O) groups excluding carboxylic acids is 2. The van der Waals surface area contributed by atoms with Crippen molar-refractivity contribution in [3.63, 3.8) is 0 Å². The number of nitrogens with zero attached hydrogens (tertiary/aromatic N) is 2. The summed E-state index contributed by atoms with van der Waals surface area (Å²) < 4.78 is 5.14. The number of amides is 2. The molecular formula is C14H19N3O3S. The zero-order valence-electron chi connectivity index (χ0n) is 11.8. The van der Waals surface area contributed by atoms with Crippen molar-refractivity contribution in [2.24, 2.45) is 5.73 Å². The lowest BCUT2D eigenvalue weighted by molar-refractivity contribution is 0.0941. The van der Waals surface area contributed by atoms with E-state index >= 15 is 0 Å². The van der Waals surface area contributed by atoms with Crippen LogP contribution in [0.25, 0.3) is 0 Å². The van der Waals surface area contributed by atoms with Crippen LogP contribution in [0.1, 0.15) is 40.7 Å². The molecule has 1 saturated heterocycles. The van der Waals surface area contributed by atoms with Gasteiger partial charge in [-0.15, -0.1) is 17.9 Å². The van der Waals surface area contributed by atoms with E-state index in [1.807, 2.05) is 0 Å². The van der Waals surface area contributed by atoms with Gasteiger partial charge in [0.1, 0.15) is 5.69 Å². The lowest BCUT2D eigenvalue weighted by Crippen LogP contribution is -2.38. The van der Waals surface area contributed by atoms with Gasteiger partial charge >= 0.3 is 6.09 Å². The zero-order valence-corrected chi connectivity index (χ0v) is 12.6. The number of carbonyl (C=O) groups is 2. The summed E-state index contributed by atoms with van der Waals surface area (Å²) in [6, 6.07) is 0. The van der Waals surface area contributed by atoms with Crippen LogP contribution >= 0.6 is 11.3 Å². The number of primary amides is 1. The Bertz CT molecular complexity index is 521. The minimum absolute atomic E-state index is 0.271. The number of rotatable bonds is 5. The van der Waals surface area contributed by atoms with E-state index in [0.29, 0.717) is 31.8 Å². The van der Waals surface area contributed by atoms with Gasteiger partial charge in [-0.25, -0.2) is 9.78 Å². The average Bonchev–Trinajstić information content (AvgIpc) is 2.97.